The van der Waals surface area contributed by atoms with Gasteiger partial charge in [-0.05, 0) is 24.7 Å². The third-order valence-corrected chi connectivity index (χ3v) is 2.93. The third kappa shape index (κ3) is 1.70. The Morgan fingerprint density at radius 3 is 2.17 bits per heavy atom. The molecule has 1 saturated carbocycles. The predicted molar refractivity (Wildman–Crippen MR) is 48.7 cm³/mol. The SMILES string of the molecule is C=C1[C@H](C)CC(O)(CO)C[C@H]1C. The first-order chi connectivity index (χ1) is 5.48. The largest absolute Gasteiger partial charge is 0.393 e. The fourth-order valence-corrected chi connectivity index (χ4v) is 2.10. The summed E-state index contributed by atoms with van der Waals surface area (Å²) < 4.78 is 0. The fourth-order valence-electron chi connectivity index (χ4n) is 2.10. The Kier molecular flexibility index (Phi) is 2.59. The summed E-state index contributed by atoms with van der Waals surface area (Å²) in [4.78, 5) is 0. The summed E-state index contributed by atoms with van der Waals surface area (Å²) in [5.74, 6) is 0.650. The van der Waals surface area contributed by atoms with Crippen molar-refractivity contribution in [2.75, 3.05) is 6.61 Å². The van der Waals surface area contributed by atoms with Crippen LogP contribution in [-0.2, 0) is 0 Å². The van der Waals surface area contributed by atoms with E-state index in [0.29, 0.717) is 24.7 Å². The predicted octanol–water partition coefficient (Wildman–Crippen LogP) is 1.33. The topological polar surface area (TPSA) is 40.5 Å². The van der Waals surface area contributed by atoms with E-state index < -0.39 is 5.60 Å². The highest BCUT2D eigenvalue weighted by atomic mass is 16.3. The van der Waals surface area contributed by atoms with Crippen LogP contribution in [0, 0.1) is 11.8 Å². The molecule has 2 N–H and O–H groups in total. The van der Waals surface area contributed by atoms with Crippen LogP contribution >= 0.6 is 0 Å². The Hall–Kier alpha value is -0.340. The summed E-state index contributed by atoms with van der Waals surface area (Å²) in [6.45, 7) is 7.96. The van der Waals surface area contributed by atoms with Crippen molar-refractivity contribution in [3.8, 4) is 0 Å². The van der Waals surface area contributed by atoms with Gasteiger partial charge in [0, 0.05) is 0 Å². The molecule has 1 fully saturated rings. The van der Waals surface area contributed by atoms with E-state index >= 15 is 0 Å². The summed E-state index contributed by atoms with van der Waals surface area (Å²) in [6, 6.07) is 0. The van der Waals surface area contributed by atoms with Gasteiger partial charge in [0.2, 0.25) is 0 Å². The maximum atomic E-state index is 9.85. The molecule has 0 amide bonds. The second-order valence-electron chi connectivity index (χ2n) is 4.17. The van der Waals surface area contributed by atoms with Crippen LogP contribution in [0.2, 0.25) is 0 Å². The van der Waals surface area contributed by atoms with E-state index in [2.05, 4.69) is 20.4 Å². The van der Waals surface area contributed by atoms with E-state index in [9.17, 15) is 5.11 Å². The highest BCUT2D eigenvalue weighted by Gasteiger charge is 2.37. The molecule has 1 aliphatic rings. The maximum Gasteiger partial charge on any atom is 0.0888 e. The van der Waals surface area contributed by atoms with E-state index in [0.717, 1.165) is 0 Å². The summed E-state index contributed by atoms with van der Waals surface area (Å²) in [5, 5.41) is 18.8. The lowest BCUT2D eigenvalue weighted by Gasteiger charge is -2.39. The minimum absolute atomic E-state index is 0.130. The van der Waals surface area contributed by atoms with E-state index in [4.69, 9.17) is 5.11 Å². The zero-order valence-electron chi connectivity index (χ0n) is 7.88. The highest BCUT2D eigenvalue weighted by molar-refractivity contribution is 5.11. The molecular formula is C10H18O2. The molecule has 0 aromatic carbocycles. The molecule has 2 heteroatoms. The smallest absolute Gasteiger partial charge is 0.0888 e. The fraction of sp³-hybridized carbons (Fsp3) is 0.800. The molecule has 0 aromatic rings. The van der Waals surface area contributed by atoms with Crippen LogP contribution in [0.5, 0.6) is 0 Å². The van der Waals surface area contributed by atoms with Gasteiger partial charge >= 0.3 is 0 Å². The molecule has 70 valence electrons. The average Bonchev–Trinajstić information content (AvgIpc) is 2.00. The van der Waals surface area contributed by atoms with Gasteiger partial charge in [0.1, 0.15) is 0 Å². The van der Waals surface area contributed by atoms with E-state index in [1.807, 2.05) is 0 Å². The lowest BCUT2D eigenvalue weighted by Crippen LogP contribution is -2.41. The number of rotatable bonds is 1. The number of hydrogen-bond acceptors (Lipinski definition) is 2. The summed E-state index contributed by atoms with van der Waals surface area (Å²) in [5.41, 5.74) is 0.341. The Labute approximate surface area is 73.9 Å². The maximum absolute atomic E-state index is 9.85. The van der Waals surface area contributed by atoms with Gasteiger partial charge < -0.3 is 10.2 Å². The zero-order chi connectivity index (χ0) is 9.35. The molecule has 1 rings (SSSR count). The Morgan fingerprint density at radius 2 is 1.83 bits per heavy atom. The second-order valence-corrected chi connectivity index (χ2v) is 4.17. The first-order valence-corrected chi connectivity index (χ1v) is 4.50. The summed E-state index contributed by atoms with van der Waals surface area (Å²) in [7, 11) is 0. The molecule has 12 heavy (non-hydrogen) atoms. The molecule has 0 heterocycles. The van der Waals surface area contributed by atoms with Gasteiger partial charge in [-0.1, -0.05) is 26.0 Å². The van der Waals surface area contributed by atoms with Gasteiger partial charge in [-0.2, -0.15) is 0 Å². The summed E-state index contributed by atoms with van der Waals surface area (Å²) in [6.07, 6.45) is 1.29. The zero-order valence-corrected chi connectivity index (χ0v) is 7.88. The van der Waals surface area contributed by atoms with Crippen molar-refractivity contribution in [2.45, 2.75) is 32.3 Å². The van der Waals surface area contributed by atoms with Gasteiger partial charge in [0.15, 0.2) is 0 Å². The molecular weight excluding hydrogens is 152 g/mol. The number of aliphatic hydroxyl groups excluding tert-OH is 1. The van der Waals surface area contributed by atoms with Crippen molar-refractivity contribution in [3.05, 3.63) is 12.2 Å². The third-order valence-electron chi connectivity index (χ3n) is 2.93. The van der Waals surface area contributed by atoms with Gasteiger partial charge in [-0.3, -0.25) is 0 Å². The molecule has 0 spiro atoms. The first kappa shape index (κ1) is 9.75. The number of allylic oxidation sites excluding steroid dienone is 1. The van der Waals surface area contributed by atoms with Crippen LogP contribution in [0.15, 0.2) is 12.2 Å². The minimum atomic E-state index is -0.861. The van der Waals surface area contributed by atoms with E-state index in [1.165, 1.54) is 5.57 Å². The van der Waals surface area contributed by atoms with Crippen molar-refractivity contribution in [1.82, 2.24) is 0 Å². The van der Waals surface area contributed by atoms with Crippen LogP contribution in [0.4, 0.5) is 0 Å². The molecule has 2 atom stereocenters. The Balaban J connectivity index is 2.71. The number of hydrogen-bond donors (Lipinski definition) is 2. The van der Waals surface area contributed by atoms with E-state index in [1.54, 1.807) is 0 Å². The van der Waals surface area contributed by atoms with E-state index in [-0.39, 0.29) is 6.61 Å². The molecule has 1 aliphatic carbocycles. The van der Waals surface area contributed by atoms with Crippen LogP contribution in [0.1, 0.15) is 26.7 Å². The summed E-state index contributed by atoms with van der Waals surface area (Å²) >= 11 is 0. The lowest BCUT2D eigenvalue weighted by atomic mass is 9.71. The van der Waals surface area contributed by atoms with Crippen LogP contribution in [0.25, 0.3) is 0 Å². The van der Waals surface area contributed by atoms with Crippen molar-refractivity contribution in [2.24, 2.45) is 11.8 Å². The molecule has 2 nitrogen and oxygen atoms in total. The Bertz CT molecular complexity index is 172. The molecule has 0 saturated heterocycles. The second kappa shape index (κ2) is 3.19. The Morgan fingerprint density at radius 1 is 1.42 bits per heavy atom. The average molecular weight is 170 g/mol. The van der Waals surface area contributed by atoms with Crippen LogP contribution < -0.4 is 0 Å². The first-order valence-electron chi connectivity index (χ1n) is 4.50. The molecule has 0 bridgehead atoms. The van der Waals surface area contributed by atoms with Crippen molar-refractivity contribution in [3.63, 3.8) is 0 Å². The van der Waals surface area contributed by atoms with Crippen molar-refractivity contribution < 1.29 is 10.2 Å². The number of aliphatic hydroxyl groups is 2. The van der Waals surface area contributed by atoms with Crippen LogP contribution in [-0.4, -0.2) is 22.4 Å². The van der Waals surface area contributed by atoms with Gasteiger partial charge in [-0.25, -0.2) is 0 Å². The van der Waals surface area contributed by atoms with Gasteiger partial charge in [0.25, 0.3) is 0 Å². The molecule has 0 aliphatic heterocycles. The molecule has 0 unspecified atom stereocenters. The van der Waals surface area contributed by atoms with Crippen molar-refractivity contribution in [1.29, 1.82) is 0 Å². The highest BCUT2D eigenvalue weighted by Crippen LogP contribution is 2.38. The standard InChI is InChI=1S/C10H18O2/c1-7-4-10(12,6-11)5-8(2)9(7)3/h7-8,11-12H,3-6H2,1-2H3/t7-,8-/m1/s1. The molecule has 0 radical (unpaired) electrons. The monoisotopic (exact) mass is 170 g/mol. The normalized spacial score (nSPS) is 43.2. The molecule has 0 aromatic heterocycles. The van der Waals surface area contributed by atoms with Crippen LogP contribution in [0.3, 0.4) is 0 Å². The van der Waals surface area contributed by atoms with Gasteiger partial charge in [0.05, 0.1) is 12.2 Å². The minimum Gasteiger partial charge on any atom is -0.393 e. The van der Waals surface area contributed by atoms with Gasteiger partial charge in [-0.15, -0.1) is 0 Å². The quantitative estimate of drug-likeness (QED) is 0.583. The van der Waals surface area contributed by atoms with Crippen molar-refractivity contribution >= 4 is 0 Å². The lowest BCUT2D eigenvalue weighted by molar-refractivity contribution is -0.0551.